The first kappa shape index (κ1) is 22.0. The van der Waals surface area contributed by atoms with Gasteiger partial charge in [0.1, 0.15) is 0 Å². The van der Waals surface area contributed by atoms with E-state index < -0.39 is 6.61 Å². The molecule has 8 heteroatoms. The number of alkyl halides is 2. The van der Waals surface area contributed by atoms with E-state index >= 15 is 0 Å². The summed E-state index contributed by atoms with van der Waals surface area (Å²) < 4.78 is 35.6. The summed E-state index contributed by atoms with van der Waals surface area (Å²) in [6, 6.07) is 4.97. The topological polar surface area (TPSA) is 75.1 Å². The standard InChI is InChI=1S/C18H29F2N3O3/c1-5-21-17(23-11-18(3,4)12-24)22-10-13-8-7-9-14(25-6-2)15(13)26-16(19)20/h7-9,16,24H,5-6,10-12H2,1-4H3,(H2,21,22,23). The fraction of sp³-hybridized carbons (Fsp3) is 0.611. The van der Waals surface area contributed by atoms with Crippen LogP contribution in [0.2, 0.25) is 0 Å². The number of halogens is 2. The second kappa shape index (κ2) is 10.8. The fourth-order valence-corrected chi connectivity index (χ4v) is 2.06. The number of para-hydroxylation sites is 1. The van der Waals surface area contributed by atoms with E-state index in [1.165, 1.54) is 0 Å². The molecule has 148 valence electrons. The Morgan fingerprint density at radius 1 is 1.27 bits per heavy atom. The third-order valence-electron chi connectivity index (χ3n) is 3.48. The van der Waals surface area contributed by atoms with Crippen molar-refractivity contribution in [3.63, 3.8) is 0 Å². The second-order valence-electron chi connectivity index (χ2n) is 6.43. The molecule has 0 spiro atoms. The highest BCUT2D eigenvalue weighted by Gasteiger charge is 2.18. The highest BCUT2D eigenvalue weighted by Crippen LogP contribution is 2.33. The molecular formula is C18H29F2N3O3. The third kappa shape index (κ3) is 7.43. The summed E-state index contributed by atoms with van der Waals surface area (Å²) in [5, 5.41) is 15.6. The number of benzene rings is 1. The largest absolute Gasteiger partial charge is 0.490 e. The lowest BCUT2D eigenvalue weighted by Crippen LogP contribution is -2.43. The van der Waals surface area contributed by atoms with Crippen molar-refractivity contribution in [3.05, 3.63) is 23.8 Å². The molecule has 0 bridgehead atoms. The summed E-state index contributed by atoms with van der Waals surface area (Å²) >= 11 is 0. The SMILES string of the molecule is CCNC(=NCc1cccc(OCC)c1OC(F)F)NCC(C)(C)CO. The second-order valence-corrected chi connectivity index (χ2v) is 6.43. The molecule has 26 heavy (non-hydrogen) atoms. The Bertz CT molecular complexity index is 581. The molecule has 0 saturated heterocycles. The van der Waals surface area contributed by atoms with Crippen molar-refractivity contribution in [1.29, 1.82) is 0 Å². The van der Waals surface area contributed by atoms with Gasteiger partial charge in [0.15, 0.2) is 17.5 Å². The molecule has 0 atom stereocenters. The molecule has 0 fully saturated rings. The minimum atomic E-state index is -2.95. The highest BCUT2D eigenvalue weighted by atomic mass is 19.3. The zero-order valence-electron chi connectivity index (χ0n) is 15.8. The van der Waals surface area contributed by atoms with Crippen molar-refractivity contribution >= 4 is 5.96 Å². The summed E-state index contributed by atoms with van der Waals surface area (Å²) in [6.45, 7) is 6.25. The molecule has 0 radical (unpaired) electrons. The maximum Gasteiger partial charge on any atom is 0.387 e. The van der Waals surface area contributed by atoms with Gasteiger partial charge in [-0.25, -0.2) is 4.99 Å². The maximum atomic E-state index is 12.8. The lowest BCUT2D eigenvalue weighted by atomic mass is 9.95. The van der Waals surface area contributed by atoms with E-state index in [9.17, 15) is 13.9 Å². The van der Waals surface area contributed by atoms with E-state index in [1.807, 2.05) is 20.8 Å². The predicted octanol–water partition coefficient (Wildman–Crippen LogP) is 2.76. The summed E-state index contributed by atoms with van der Waals surface area (Å²) in [5.41, 5.74) is 0.185. The molecule has 0 unspecified atom stereocenters. The van der Waals surface area contributed by atoms with Crippen molar-refractivity contribution in [1.82, 2.24) is 10.6 Å². The van der Waals surface area contributed by atoms with E-state index in [2.05, 4.69) is 20.4 Å². The van der Waals surface area contributed by atoms with Crippen molar-refractivity contribution < 1.29 is 23.4 Å². The third-order valence-corrected chi connectivity index (χ3v) is 3.48. The number of rotatable bonds is 10. The van der Waals surface area contributed by atoms with Crippen LogP contribution in [0.5, 0.6) is 11.5 Å². The molecule has 1 aromatic carbocycles. The zero-order valence-corrected chi connectivity index (χ0v) is 15.8. The van der Waals surface area contributed by atoms with Gasteiger partial charge in [0, 0.05) is 30.7 Å². The van der Waals surface area contributed by atoms with Crippen LogP contribution < -0.4 is 20.1 Å². The number of hydrogen-bond donors (Lipinski definition) is 3. The molecule has 1 aromatic rings. The van der Waals surface area contributed by atoms with Crippen molar-refractivity contribution in [3.8, 4) is 11.5 Å². The number of nitrogens with one attached hydrogen (secondary N) is 2. The van der Waals surface area contributed by atoms with Gasteiger partial charge in [0.25, 0.3) is 0 Å². The highest BCUT2D eigenvalue weighted by molar-refractivity contribution is 5.79. The van der Waals surface area contributed by atoms with E-state index in [0.717, 1.165) is 0 Å². The van der Waals surface area contributed by atoms with Crippen LogP contribution in [0.15, 0.2) is 23.2 Å². The Morgan fingerprint density at radius 3 is 2.58 bits per heavy atom. The number of hydrogen-bond acceptors (Lipinski definition) is 4. The Hall–Kier alpha value is -2.09. The minimum Gasteiger partial charge on any atom is -0.490 e. The summed E-state index contributed by atoms with van der Waals surface area (Å²) in [5.74, 6) is 0.790. The monoisotopic (exact) mass is 373 g/mol. The number of aliphatic hydroxyl groups is 1. The molecule has 0 saturated carbocycles. The van der Waals surface area contributed by atoms with Crippen molar-refractivity contribution in [2.75, 3.05) is 26.3 Å². The molecule has 0 aromatic heterocycles. The van der Waals surface area contributed by atoms with Crippen LogP contribution in [0, 0.1) is 5.41 Å². The predicted molar refractivity (Wildman–Crippen MR) is 97.9 cm³/mol. The van der Waals surface area contributed by atoms with Gasteiger partial charge in [-0.2, -0.15) is 8.78 Å². The number of aliphatic hydroxyl groups excluding tert-OH is 1. The molecular weight excluding hydrogens is 344 g/mol. The van der Waals surface area contributed by atoms with Gasteiger partial charge in [-0.15, -0.1) is 0 Å². The molecule has 0 aliphatic carbocycles. The van der Waals surface area contributed by atoms with Gasteiger partial charge >= 0.3 is 6.61 Å². The minimum absolute atomic E-state index is 0.000337. The first-order valence-electron chi connectivity index (χ1n) is 8.65. The Morgan fingerprint density at radius 2 is 2.00 bits per heavy atom. The van der Waals surface area contributed by atoms with Crippen LogP contribution in [-0.2, 0) is 6.54 Å². The molecule has 0 amide bonds. The smallest absolute Gasteiger partial charge is 0.387 e. The van der Waals surface area contributed by atoms with Gasteiger partial charge in [0.05, 0.1) is 13.2 Å². The first-order valence-corrected chi connectivity index (χ1v) is 8.65. The summed E-state index contributed by atoms with van der Waals surface area (Å²) in [6.07, 6.45) is 0. The van der Waals surface area contributed by atoms with E-state index in [1.54, 1.807) is 25.1 Å². The Labute approximate surface area is 153 Å². The van der Waals surface area contributed by atoms with Crippen molar-refractivity contribution in [2.24, 2.45) is 10.4 Å². The Kier molecular flexibility index (Phi) is 9.12. The fourth-order valence-electron chi connectivity index (χ4n) is 2.06. The molecule has 1 rings (SSSR count). The van der Waals surface area contributed by atoms with Gasteiger partial charge in [-0.05, 0) is 19.9 Å². The lowest BCUT2D eigenvalue weighted by molar-refractivity contribution is -0.0520. The van der Waals surface area contributed by atoms with Crippen LogP contribution in [0.4, 0.5) is 8.78 Å². The molecule has 0 heterocycles. The van der Waals surface area contributed by atoms with Gasteiger partial charge in [-0.3, -0.25) is 0 Å². The Balaban J connectivity index is 2.98. The summed E-state index contributed by atoms with van der Waals surface area (Å²) in [4.78, 5) is 4.42. The van der Waals surface area contributed by atoms with Gasteiger partial charge in [0.2, 0.25) is 0 Å². The number of aliphatic imine (C=N–C) groups is 1. The number of nitrogens with zero attached hydrogens (tertiary/aromatic N) is 1. The van der Waals surface area contributed by atoms with Crippen LogP contribution in [-0.4, -0.2) is 44.0 Å². The first-order chi connectivity index (χ1) is 12.3. The van der Waals surface area contributed by atoms with Crippen LogP contribution in [0.25, 0.3) is 0 Å². The number of guanidine groups is 1. The maximum absolute atomic E-state index is 12.8. The average Bonchev–Trinajstić information content (AvgIpc) is 2.59. The average molecular weight is 373 g/mol. The van der Waals surface area contributed by atoms with E-state index in [-0.39, 0.29) is 30.1 Å². The lowest BCUT2D eigenvalue weighted by Gasteiger charge is -2.23. The normalized spacial score (nSPS) is 12.2. The zero-order chi connectivity index (χ0) is 19.6. The molecule has 3 N–H and O–H groups in total. The van der Waals surface area contributed by atoms with Crippen LogP contribution in [0.3, 0.4) is 0 Å². The van der Waals surface area contributed by atoms with E-state index in [0.29, 0.717) is 31.2 Å². The quantitative estimate of drug-likeness (QED) is 0.434. The molecule has 6 nitrogen and oxygen atoms in total. The molecule has 0 aliphatic heterocycles. The van der Waals surface area contributed by atoms with Crippen molar-refractivity contribution in [2.45, 2.75) is 40.9 Å². The van der Waals surface area contributed by atoms with Crippen LogP contribution in [0.1, 0.15) is 33.3 Å². The van der Waals surface area contributed by atoms with Gasteiger partial charge < -0.3 is 25.2 Å². The summed E-state index contributed by atoms with van der Waals surface area (Å²) in [7, 11) is 0. The van der Waals surface area contributed by atoms with E-state index in [4.69, 9.17) is 4.74 Å². The number of ether oxygens (including phenoxy) is 2. The molecule has 0 aliphatic rings. The van der Waals surface area contributed by atoms with Crippen LogP contribution >= 0.6 is 0 Å². The van der Waals surface area contributed by atoms with Gasteiger partial charge in [-0.1, -0.05) is 26.0 Å².